The van der Waals surface area contributed by atoms with Crippen LogP contribution in [0, 0.1) is 6.92 Å². The minimum atomic E-state index is 0.250. The van der Waals surface area contributed by atoms with Crippen LogP contribution >= 0.6 is 0 Å². The van der Waals surface area contributed by atoms with Gasteiger partial charge in [0, 0.05) is 20.7 Å². The van der Waals surface area contributed by atoms with Gasteiger partial charge in [0.1, 0.15) is 5.82 Å². The van der Waals surface area contributed by atoms with Gasteiger partial charge in [0.2, 0.25) is 0 Å². The normalized spacial score (nSPS) is 25.0. The van der Waals surface area contributed by atoms with Gasteiger partial charge < -0.3 is 15.4 Å². The van der Waals surface area contributed by atoms with E-state index in [1.807, 2.05) is 18.7 Å². The van der Waals surface area contributed by atoms with Crippen molar-refractivity contribution < 1.29 is 4.74 Å². The van der Waals surface area contributed by atoms with Crippen molar-refractivity contribution in [1.29, 1.82) is 0 Å². The van der Waals surface area contributed by atoms with Crippen LogP contribution in [0.15, 0.2) is 0 Å². The third kappa shape index (κ3) is 1.65. The fourth-order valence-corrected chi connectivity index (χ4v) is 2.47. The number of nitrogens with zero attached hydrogens (tertiary/aromatic N) is 3. The Bertz CT molecular complexity index is 388. The van der Waals surface area contributed by atoms with Crippen LogP contribution in [0.3, 0.4) is 0 Å². The Labute approximate surface area is 96.2 Å². The number of nitrogens with two attached hydrogens (primary N) is 1. The maximum absolute atomic E-state index is 6.05. The predicted molar refractivity (Wildman–Crippen MR) is 64.6 cm³/mol. The molecule has 2 atom stereocenters. The zero-order chi connectivity index (χ0) is 11.9. The Morgan fingerprint density at radius 2 is 2.25 bits per heavy atom. The minimum absolute atomic E-state index is 0.250. The number of aryl methyl sites for hydroxylation is 2. The first-order valence-electron chi connectivity index (χ1n) is 5.66. The molecule has 1 aromatic rings. The summed E-state index contributed by atoms with van der Waals surface area (Å²) in [6, 6.07) is 0.386. The van der Waals surface area contributed by atoms with Crippen molar-refractivity contribution in [2.45, 2.75) is 32.4 Å². The zero-order valence-corrected chi connectivity index (χ0v) is 10.4. The number of ether oxygens (including phenoxy) is 1. The second kappa shape index (κ2) is 3.97. The standard InChI is InChI=1S/C11H20N4O/c1-7-10(12)11(15(4)13-7)14(3)9-5-6-16-8(9)2/h8-9H,5-6,12H2,1-4H3. The van der Waals surface area contributed by atoms with E-state index in [2.05, 4.69) is 24.0 Å². The lowest BCUT2D eigenvalue weighted by Crippen LogP contribution is -2.38. The average molecular weight is 224 g/mol. The molecule has 2 heterocycles. The Balaban J connectivity index is 2.29. The summed E-state index contributed by atoms with van der Waals surface area (Å²) in [6.45, 7) is 4.86. The van der Waals surface area contributed by atoms with Gasteiger partial charge in [0.05, 0.1) is 23.5 Å². The van der Waals surface area contributed by atoms with Crippen molar-refractivity contribution in [3.63, 3.8) is 0 Å². The smallest absolute Gasteiger partial charge is 0.150 e. The van der Waals surface area contributed by atoms with Gasteiger partial charge in [0.15, 0.2) is 0 Å². The summed E-state index contributed by atoms with van der Waals surface area (Å²) in [5, 5.41) is 4.34. The molecule has 0 amide bonds. The summed E-state index contributed by atoms with van der Waals surface area (Å²) in [4.78, 5) is 2.19. The van der Waals surface area contributed by atoms with E-state index >= 15 is 0 Å². The maximum Gasteiger partial charge on any atom is 0.150 e. The molecule has 5 heteroatoms. The van der Waals surface area contributed by atoms with E-state index in [1.54, 1.807) is 0 Å². The van der Waals surface area contributed by atoms with Gasteiger partial charge in [-0.25, -0.2) is 0 Å². The van der Waals surface area contributed by atoms with E-state index in [9.17, 15) is 0 Å². The molecule has 0 saturated carbocycles. The molecule has 1 saturated heterocycles. The van der Waals surface area contributed by atoms with Crippen LogP contribution in [0.2, 0.25) is 0 Å². The Morgan fingerprint density at radius 1 is 1.56 bits per heavy atom. The lowest BCUT2D eigenvalue weighted by Gasteiger charge is -2.28. The molecule has 5 nitrogen and oxygen atoms in total. The highest BCUT2D eigenvalue weighted by molar-refractivity contribution is 5.66. The topological polar surface area (TPSA) is 56.3 Å². The number of hydrogen-bond acceptors (Lipinski definition) is 4. The molecule has 90 valence electrons. The van der Waals surface area contributed by atoms with E-state index in [-0.39, 0.29) is 6.10 Å². The van der Waals surface area contributed by atoms with Crippen molar-refractivity contribution in [1.82, 2.24) is 9.78 Å². The second-order valence-electron chi connectivity index (χ2n) is 4.49. The zero-order valence-electron chi connectivity index (χ0n) is 10.4. The molecule has 16 heavy (non-hydrogen) atoms. The highest BCUT2D eigenvalue weighted by Gasteiger charge is 2.30. The third-order valence-corrected chi connectivity index (χ3v) is 3.40. The van der Waals surface area contributed by atoms with Crippen LogP contribution in [-0.4, -0.2) is 35.6 Å². The lowest BCUT2D eigenvalue weighted by atomic mass is 10.1. The minimum Gasteiger partial charge on any atom is -0.394 e. The Hall–Kier alpha value is -1.23. The van der Waals surface area contributed by atoms with Gasteiger partial charge in [-0.15, -0.1) is 0 Å². The molecule has 0 aliphatic carbocycles. The first kappa shape index (κ1) is 11.3. The molecular weight excluding hydrogens is 204 g/mol. The largest absolute Gasteiger partial charge is 0.394 e. The molecule has 0 spiro atoms. The number of hydrogen-bond donors (Lipinski definition) is 1. The summed E-state index contributed by atoms with van der Waals surface area (Å²) in [5.41, 5.74) is 7.70. The molecule has 0 bridgehead atoms. The quantitative estimate of drug-likeness (QED) is 0.811. The summed E-state index contributed by atoms with van der Waals surface area (Å²) in [5.74, 6) is 0.986. The van der Waals surface area contributed by atoms with Gasteiger partial charge in [-0.1, -0.05) is 0 Å². The van der Waals surface area contributed by atoms with Crippen molar-refractivity contribution in [3.05, 3.63) is 5.69 Å². The van der Waals surface area contributed by atoms with Gasteiger partial charge in [-0.3, -0.25) is 4.68 Å². The van der Waals surface area contributed by atoms with Crippen LogP contribution < -0.4 is 10.6 Å². The van der Waals surface area contributed by atoms with Crippen LogP contribution in [0.25, 0.3) is 0 Å². The predicted octanol–water partition coefficient (Wildman–Crippen LogP) is 0.924. The van der Waals surface area contributed by atoms with Gasteiger partial charge in [-0.2, -0.15) is 5.10 Å². The molecule has 2 rings (SSSR count). The van der Waals surface area contributed by atoms with Crippen molar-refractivity contribution in [2.75, 3.05) is 24.3 Å². The van der Waals surface area contributed by atoms with Gasteiger partial charge in [0.25, 0.3) is 0 Å². The Kier molecular flexibility index (Phi) is 2.80. The van der Waals surface area contributed by atoms with E-state index in [4.69, 9.17) is 10.5 Å². The van der Waals surface area contributed by atoms with Gasteiger partial charge in [-0.05, 0) is 20.3 Å². The number of likely N-dealkylation sites (N-methyl/N-ethyl adjacent to an activating group) is 1. The van der Waals surface area contributed by atoms with Gasteiger partial charge >= 0.3 is 0 Å². The molecule has 1 aliphatic heterocycles. The summed E-state index contributed by atoms with van der Waals surface area (Å²) in [6.07, 6.45) is 1.29. The molecule has 2 N–H and O–H groups in total. The monoisotopic (exact) mass is 224 g/mol. The third-order valence-electron chi connectivity index (χ3n) is 3.40. The van der Waals surface area contributed by atoms with E-state index in [0.717, 1.165) is 30.2 Å². The average Bonchev–Trinajstić information content (AvgIpc) is 2.73. The highest BCUT2D eigenvalue weighted by Crippen LogP contribution is 2.29. The molecule has 1 fully saturated rings. The highest BCUT2D eigenvalue weighted by atomic mass is 16.5. The van der Waals surface area contributed by atoms with Crippen LogP contribution in [0.1, 0.15) is 19.0 Å². The van der Waals surface area contributed by atoms with Crippen molar-refractivity contribution in [2.24, 2.45) is 7.05 Å². The van der Waals surface area contributed by atoms with Crippen LogP contribution in [0.4, 0.5) is 11.5 Å². The maximum atomic E-state index is 6.05. The number of anilines is 2. The van der Waals surface area contributed by atoms with Crippen LogP contribution in [-0.2, 0) is 11.8 Å². The number of rotatable bonds is 2. The molecular formula is C11H20N4O. The molecule has 0 aromatic carbocycles. The molecule has 0 radical (unpaired) electrons. The fourth-order valence-electron chi connectivity index (χ4n) is 2.47. The second-order valence-corrected chi connectivity index (χ2v) is 4.49. The van der Waals surface area contributed by atoms with E-state index in [0.29, 0.717) is 6.04 Å². The molecule has 1 aliphatic rings. The summed E-state index contributed by atoms with van der Waals surface area (Å²) < 4.78 is 7.43. The van der Waals surface area contributed by atoms with E-state index in [1.165, 1.54) is 0 Å². The Morgan fingerprint density at radius 3 is 2.69 bits per heavy atom. The number of aromatic nitrogens is 2. The fraction of sp³-hybridized carbons (Fsp3) is 0.727. The van der Waals surface area contributed by atoms with E-state index < -0.39 is 0 Å². The SMILES string of the molecule is Cc1nn(C)c(N(C)C2CCOC2C)c1N. The summed E-state index contributed by atoms with van der Waals surface area (Å²) >= 11 is 0. The van der Waals surface area contributed by atoms with Crippen LogP contribution in [0.5, 0.6) is 0 Å². The lowest BCUT2D eigenvalue weighted by molar-refractivity contribution is 0.118. The van der Waals surface area contributed by atoms with Crippen molar-refractivity contribution in [3.8, 4) is 0 Å². The number of nitrogen functional groups attached to an aromatic ring is 1. The first-order chi connectivity index (χ1) is 7.52. The molecule has 2 unspecified atom stereocenters. The first-order valence-corrected chi connectivity index (χ1v) is 5.66. The molecule has 1 aromatic heterocycles. The van der Waals surface area contributed by atoms with Crippen molar-refractivity contribution >= 4 is 11.5 Å². The summed E-state index contributed by atoms with van der Waals surface area (Å²) in [7, 11) is 3.98.